The number of hydrogen-bond donors (Lipinski definition) is 0. The summed E-state index contributed by atoms with van der Waals surface area (Å²) in [5.74, 6) is 0. The summed E-state index contributed by atoms with van der Waals surface area (Å²) >= 11 is 1.88. The van der Waals surface area contributed by atoms with Crippen LogP contribution in [-0.2, 0) is 0 Å². The van der Waals surface area contributed by atoms with Crippen LogP contribution < -0.4 is 0 Å². The van der Waals surface area contributed by atoms with Crippen molar-refractivity contribution >= 4 is 55.1 Å². The molecule has 0 atom stereocenters. The van der Waals surface area contributed by atoms with Crippen LogP contribution in [0.5, 0.6) is 0 Å². The molecule has 0 unspecified atom stereocenters. The highest BCUT2D eigenvalue weighted by Crippen LogP contribution is 2.49. The summed E-state index contributed by atoms with van der Waals surface area (Å²) in [7, 11) is 0. The number of hydrogen-bond acceptors (Lipinski definition) is 1. The van der Waals surface area contributed by atoms with Gasteiger partial charge in [-0.25, -0.2) is 0 Å². The van der Waals surface area contributed by atoms with Gasteiger partial charge in [0.25, 0.3) is 0 Å². The molecule has 0 saturated carbocycles. The first kappa shape index (κ1) is 25.7. The molecule has 8 aromatic carbocycles. The minimum Gasteiger partial charge on any atom is -0.309 e. The molecule has 0 amide bonds. The van der Waals surface area contributed by atoms with Crippen molar-refractivity contribution in [2.24, 2.45) is 0 Å². The highest BCUT2D eigenvalue weighted by Gasteiger charge is 2.20. The third-order valence-electron chi connectivity index (χ3n) is 9.58. The van der Waals surface area contributed by atoms with E-state index >= 15 is 0 Å². The molecule has 0 saturated heterocycles. The van der Waals surface area contributed by atoms with Crippen molar-refractivity contribution in [2.45, 2.75) is 9.79 Å². The monoisotopic (exact) mass is 601 g/mol. The smallest absolute Gasteiger partial charge is 0.0547 e. The fourth-order valence-electron chi connectivity index (χ4n) is 7.42. The van der Waals surface area contributed by atoms with Crippen LogP contribution in [0.15, 0.2) is 174 Å². The van der Waals surface area contributed by atoms with Crippen molar-refractivity contribution in [3.05, 3.63) is 164 Å². The molecule has 1 aliphatic rings. The Morgan fingerprint density at radius 3 is 1.91 bits per heavy atom. The summed E-state index contributed by atoms with van der Waals surface area (Å²) in [6.07, 6.45) is 0. The van der Waals surface area contributed by atoms with Gasteiger partial charge in [-0.3, -0.25) is 0 Å². The van der Waals surface area contributed by atoms with Gasteiger partial charge in [-0.1, -0.05) is 127 Å². The first-order valence-electron chi connectivity index (χ1n) is 15.8. The normalized spacial score (nSPS) is 12.3. The Morgan fingerprint density at radius 2 is 1.07 bits per heavy atom. The van der Waals surface area contributed by atoms with Gasteiger partial charge >= 0.3 is 0 Å². The number of rotatable bonds is 3. The van der Waals surface area contributed by atoms with Crippen molar-refractivity contribution in [1.29, 1.82) is 0 Å². The molecule has 0 radical (unpaired) electrons. The highest BCUT2D eigenvalue weighted by atomic mass is 32.2. The van der Waals surface area contributed by atoms with Crippen LogP contribution in [0.3, 0.4) is 0 Å². The van der Waals surface area contributed by atoms with E-state index in [9.17, 15) is 0 Å². The second-order valence-electron chi connectivity index (χ2n) is 12.1. The fraction of sp³-hybridized carbons (Fsp3) is 0. The predicted octanol–water partition coefficient (Wildman–Crippen LogP) is 12.6. The van der Waals surface area contributed by atoms with Gasteiger partial charge in [0.05, 0.1) is 11.0 Å². The van der Waals surface area contributed by atoms with Gasteiger partial charge in [-0.2, -0.15) is 0 Å². The fourth-order valence-corrected chi connectivity index (χ4v) is 8.55. The van der Waals surface area contributed by atoms with E-state index in [2.05, 4.69) is 168 Å². The maximum absolute atomic E-state index is 2.39. The first-order valence-corrected chi connectivity index (χ1v) is 16.6. The van der Waals surface area contributed by atoms with E-state index in [0.29, 0.717) is 0 Å². The van der Waals surface area contributed by atoms with Crippen LogP contribution in [-0.4, -0.2) is 4.57 Å². The summed E-state index contributed by atoms with van der Waals surface area (Å²) in [4.78, 5) is 2.66. The van der Waals surface area contributed by atoms with Crippen LogP contribution in [0.4, 0.5) is 0 Å². The first-order chi connectivity index (χ1) is 22.8. The highest BCUT2D eigenvalue weighted by molar-refractivity contribution is 7.99. The average molecular weight is 602 g/mol. The van der Waals surface area contributed by atoms with E-state index in [1.165, 1.54) is 92.2 Å². The van der Waals surface area contributed by atoms with Gasteiger partial charge in [0.1, 0.15) is 0 Å². The number of para-hydroxylation sites is 2. The number of benzene rings is 8. The van der Waals surface area contributed by atoms with Gasteiger partial charge in [-0.15, -0.1) is 0 Å². The molecule has 1 aromatic heterocycles. The molecule has 0 fully saturated rings. The summed E-state index contributed by atoms with van der Waals surface area (Å²) in [5, 5.41) is 7.80. The maximum atomic E-state index is 2.39. The molecule has 0 spiro atoms. The summed E-state index contributed by atoms with van der Waals surface area (Å²) in [6, 6.07) is 60.2. The second kappa shape index (κ2) is 9.97. The Morgan fingerprint density at radius 1 is 0.370 bits per heavy atom. The summed E-state index contributed by atoms with van der Waals surface area (Å²) in [6.45, 7) is 0. The lowest BCUT2D eigenvalue weighted by molar-refractivity contribution is 1.18. The van der Waals surface area contributed by atoms with Crippen LogP contribution >= 0.6 is 11.8 Å². The van der Waals surface area contributed by atoms with Crippen LogP contribution in [0.2, 0.25) is 0 Å². The van der Waals surface area contributed by atoms with E-state index < -0.39 is 0 Å². The molecule has 2 heterocycles. The van der Waals surface area contributed by atoms with E-state index in [4.69, 9.17) is 0 Å². The standard InChI is InChI=1S/C44H27NS/c1-2-10-34(11-3-1)45-39-14-5-4-12-36(39)44-37-26-32(21-20-30(37)22-24-40(44)45)28-16-18-29(19-17-28)33-23-25-41-38(27-33)35-13-6-8-31-9-7-15-42(46-41)43(31)35/h1-27H. The quantitative estimate of drug-likeness (QED) is 0.195. The maximum Gasteiger partial charge on any atom is 0.0547 e. The molecule has 1 nitrogen and oxygen atoms in total. The van der Waals surface area contributed by atoms with Gasteiger partial charge in [0.2, 0.25) is 0 Å². The second-order valence-corrected chi connectivity index (χ2v) is 13.2. The SMILES string of the molecule is c1ccc(-n2c3ccccc3c3c4cc(-c5ccc(-c6ccc7c(c6)-c6cccc8cccc(c68)S7)cc5)ccc4ccc32)cc1. The van der Waals surface area contributed by atoms with Crippen LogP contribution in [0, 0.1) is 0 Å². The van der Waals surface area contributed by atoms with Crippen molar-refractivity contribution in [3.63, 3.8) is 0 Å². The lowest BCUT2D eigenvalue weighted by Gasteiger charge is -2.21. The molecule has 2 heteroatoms. The Bertz CT molecular complexity index is 2640. The zero-order valence-corrected chi connectivity index (χ0v) is 25.8. The molecule has 0 aliphatic carbocycles. The number of nitrogens with zero attached hydrogens (tertiary/aromatic N) is 1. The molecular weight excluding hydrogens is 575 g/mol. The summed E-state index contributed by atoms with van der Waals surface area (Å²) < 4.78 is 2.39. The Hall–Kier alpha value is -5.57. The molecule has 46 heavy (non-hydrogen) atoms. The largest absolute Gasteiger partial charge is 0.309 e. The lowest BCUT2D eigenvalue weighted by atomic mass is 9.93. The van der Waals surface area contributed by atoms with E-state index in [-0.39, 0.29) is 0 Å². The zero-order chi connectivity index (χ0) is 30.2. The molecular formula is C44H27NS. The molecule has 9 aromatic rings. The van der Waals surface area contributed by atoms with Crippen molar-refractivity contribution in [1.82, 2.24) is 4.57 Å². The third-order valence-corrected chi connectivity index (χ3v) is 10.7. The van der Waals surface area contributed by atoms with E-state index in [1.807, 2.05) is 11.8 Å². The third kappa shape index (κ3) is 3.84. The average Bonchev–Trinajstić information content (AvgIpc) is 3.47. The zero-order valence-electron chi connectivity index (χ0n) is 24.9. The molecule has 0 N–H and O–H groups in total. The van der Waals surface area contributed by atoms with Gasteiger partial charge < -0.3 is 4.57 Å². The molecule has 0 bridgehead atoms. The van der Waals surface area contributed by atoms with E-state index in [0.717, 1.165) is 0 Å². The lowest BCUT2D eigenvalue weighted by Crippen LogP contribution is -1.93. The van der Waals surface area contributed by atoms with Crippen molar-refractivity contribution < 1.29 is 0 Å². The van der Waals surface area contributed by atoms with Crippen molar-refractivity contribution in [3.8, 4) is 39.1 Å². The Labute approximate surface area is 271 Å². The molecule has 214 valence electrons. The van der Waals surface area contributed by atoms with Crippen LogP contribution in [0.25, 0.3) is 82.4 Å². The predicted molar refractivity (Wildman–Crippen MR) is 196 cm³/mol. The minimum atomic E-state index is 1.18. The minimum absolute atomic E-state index is 1.18. The van der Waals surface area contributed by atoms with Gasteiger partial charge in [0.15, 0.2) is 0 Å². The van der Waals surface area contributed by atoms with Gasteiger partial charge in [0, 0.05) is 31.6 Å². The van der Waals surface area contributed by atoms with Crippen LogP contribution in [0.1, 0.15) is 0 Å². The van der Waals surface area contributed by atoms with E-state index in [1.54, 1.807) is 0 Å². The topological polar surface area (TPSA) is 4.93 Å². The van der Waals surface area contributed by atoms with Gasteiger partial charge in [-0.05, 0) is 98.1 Å². The summed E-state index contributed by atoms with van der Waals surface area (Å²) in [5.41, 5.74) is 11.2. The van der Waals surface area contributed by atoms with Crippen molar-refractivity contribution in [2.75, 3.05) is 0 Å². The number of fused-ring (bicyclic) bond motifs is 7. The Balaban J connectivity index is 1.07. The molecule has 1 aliphatic heterocycles. The number of aromatic nitrogens is 1. The Kier molecular flexibility index (Phi) is 5.58. The molecule has 10 rings (SSSR count).